The van der Waals surface area contributed by atoms with Crippen molar-refractivity contribution in [3.8, 4) is 0 Å². The molecule has 1 amide bonds. The largest absolute Gasteiger partial charge is 0.342 e. The molecule has 1 heterocycles. The van der Waals surface area contributed by atoms with Crippen molar-refractivity contribution in [3.63, 3.8) is 0 Å². The highest BCUT2D eigenvalue weighted by molar-refractivity contribution is 5.99. The molecule has 1 aromatic heterocycles. The number of nitro groups is 1. The van der Waals surface area contributed by atoms with E-state index in [0.29, 0.717) is 5.69 Å². The van der Waals surface area contributed by atoms with Gasteiger partial charge in [-0.05, 0) is 19.1 Å². The molecule has 2 aromatic rings. The quantitative estimate of drug-likeness (QED) is 0.336. The van der Waals surface area contributed by atoms with E-state index in [9.17, 15) is 14.9 Å². The number of nitrogen functional groups attached to an aromatic ring is 1. The van der Waals surface area contributed by atoms with Crippen LogP contribution in [0.15, 0.2) is 18.2 Å². The number of nitro benzene ring substituents is 1. The molecule has 0 spiro atoms. The second-order valence-corrected chi connectivity index (χ2v) is 4.10. The predicted octanol–water partition coefficient (Wildman–Crippen LogP) is -0.116. The lowest BCUT2D eigenvalue weighted by Gasteiger charge is -2.11. The third kappa shape index (κ3) is 3.09. The van der Waals surface area contributed by atoms with Crippen LogP contribution in [0.3, 0.4) is 0 Å². The molecule has 0 aliphatic carbocycles. The lowest BCUT2D eigenvalue weighted by molar-refractivity contribution is -0.385. The van der Waals surface area contributed by atoms with Crippen LogP contribution in [0, 0.1) is 10.1 Å². The number of benzene rings is 1. The van der Waals surface area contributed by atoms with Gasteiger partial charge >= 0.3 is 0 Å². The van der Waals surface area contributed by atoms with E-state index in [2.05, 4.69) is 31.4 Å². The van der Waals surface area contributed by atoms with Crippen LogP contribution in [0.25, 0.3) is 0 Å². The standard InChI is InChI=1S/C10H12N8O3/c1-5(9-14-16-17-15-9)12-10(19)7-4-6(13-11)2-3-8(7)18(20)21/h2-5,13H,11H2,1H3,(H,12,19)(H,14,15,16,17). The lowest BCUT2D eigenvalue weighted by Crippen LogP contribution is -2.28. The second kappa shape index (κ2) is 5.92. The highest BCUT2D eigenvalue weighted by atomic mass is 16.6. The molecule has 1 unspecified atom stereocenters. The van der Waals surface area contributed by atoms with Gasteiger partial charge in [0.25, 0.3) is 11.6 Å². The summed E-state index contributed by atoms with van der Waals surface area (Å²) in [5.74, 6) is 4.86. The molecule has 110 valence electrons. The summed E-state index contributed by atoms with van der Waals surface area (Å²) in [7, 11) is 0. The summed E-state index contributed by atoms with van der Waals surface area (Å²) in [5, 5.41) is 26.6. The van der Waals surface area contributed by atoms with E-state index in [-0.39, 0.29) is 17.1 Å². The van der Waals surface area contributed by atoms with Gasteiger partial charge in [0.15, 0.2) is 5.82 Å². The van der Waals surface area contributed by atoms with Gasteiger partial charge < -0.3 is 10.7 Å². The van der Waals surface area contributed by atoms with E-state index >= 15 is 0 Å². The van der Waals surface area contributed by atoms with Gasteiger partial charge in [0, 0.05) is 11.8 Å². The summed E-state index contributed by atoms with van der Waals surface area (Å²) in [4.78, 5) is 22.5. The number of hydrogen-bond acceptors (Lipinski definition) is 8. The SMILES string of the molecule is CC(NC(=O)c1cc(NN)ccc1[N+](=O)[O-])c1nn[nH]n1. The fourth-order valence-electron chi connectivity index (χ4n) is 1.66. The molecule has 11 heteroatoms. The molecule has 2 rings (SSSR count). The number of nitrogens with two attached hydrogens (primary N) is 1. The number of carbonyl (C=O) groups is 1. The number of aromatic amines is 1. The monoisotopic (exact) mass is 292 g/mol. The van der Waals surface area contributed by atoms with Crippen molar-refractivity contribution in [2.24, 2.45) is 5.84 Å². The number of aromatic nitrogens is 4. The van der Waals surface area contributed by atoms with Crippen LogP contribution in [0.2, 0.25) is 0 Å². The maximum Gasteiger partial charge on any atom is 0.282 e. The van der Waals surface area contributed by atoms with Crippen molar-refractivity contribution >= 4 is 17.3 Å². The molecule has 1 atom stereocenters. The maximum atomic E-state index is 12.2. The molecule has 0 aliphatic heterocycles. The minimum absolute atomic E-state index is 0.120. The molecule has 0 radical (unpaired) electrons. The van der Waals surface area contributed by atoms with Crippen LogP contribution in [-0.4, -0.2) is 31.5 Å². The molecule has 1 aromatic carbocycles. The Bertz CT molecular complexity index is 656. The number of tetrazole rings is 1. The molecule has 0 aliphatic rings. The van der Waals surface area contributed by atoms with E-state index < -0.39 is 16.9 Å². The summed E-state index contributed by atoms with van der Waals surface area (Å²) in [6, 6.07) is 3.32. The fourth-order valence-corrected chi connectivity index (χ4v) is 1.66. The van der Waals surface area contributed by atoms with E-state index in [1.54, 1.807) is 6.92 Å². The zero-order valence-electron chi connectivity index (χ0n) is 10.9. The molecule has 0 bridgehead atoms. The van der Waals surface area contributed by atoms with Gasteiger partial charge in [-0.2, -0.15) is 5.21 Å². The first-order chi connectivity index (χ1) is 10.0. The molecule has 5 N–H and O–H groups in total. The van der Waals surface area contributed by atoms with Gasteiger partial charge in [0.05, 0.1) is 11.0 Å². The van der Waals surface area contributed by atoms with Crippen LogP contribution < -0.4 is 16.6 Å². The normalized spacial score (nSPS) is 11.7. The van der Waals surface area contributed by atoms with E-state index in [4.69, 9.17) is 5.84 Å². The van der Waals surface area contributed by atoms with Gasteiger partial charge in [-0.15, -0.1) is 10.2 Å². The van der Waals surface area contributed by atoms with Crippen LogP contribution >= 0.6 is 0 Å². The Morgan fingerprint density at radius 2 is 2.29 bits per heavy atom. The maximum absolute atomic E-state index is 12.2. The number of amides is 1. The second-order valence-electron chi connectivity index (χ2n) is 4.10. The Labute approximate surface area is 118 Å². The molecular weight excluding hydrogens is 280 g/mol. The van der Waals surface area contributed by atoms with Crippen molar-refractivity contribution in [2.75, 3.05) is 5.43 Å². The third-order valence-electron chi connectivity index (χ3n) is 2.70. The van der Waals surface area contributed by atoms with E-state index in [1.165, 1.54) is 18.2 Å². The summed E-state index contributed by atoms with van der Waals surface area (Å²) in [6.07, 6.45) is 0. The van der Waals surface area contributed by atoms with Crippen molar-refractivity contribution in [2.45, 2.75) is 13.0 Å². The molecule has 0 saturated carbocycles. The van der Waals surface area contributed by atoms with Gasteiger partial charge in [-0.1, -0.05) is 5.21 Å². The number of rotatable bonds is 5. The number of hydrogen-bond donors (Lipinski definition) is 4. The first kappa shape index (κ1) is 14.3. The lowest BCUT2D eigenvalue weighted by atomic mass is 10.1. The smallest absolute Gasteiger partial charge is 0.282 e. The molecule has 0 saturated heterocycles. The van der Waals surface area contributed by atoms with Crippen LogP contribution in [0.5, 0.6) is 0 Å². The van der Waals surface area contributed by atoms with Crippen molar-refractivity contribution in [3.05, 3.63) is 39.7 Å². The molecule has 0 fully saturated rings. The number of hydrazine groups is 1. The number of anilines is 1. The van der Waals surface area contributed by atoms with E-state index in [0.717, 1.165) is 0 Å². The van der Waals surface area contributed by atoms with Crippen LogP contribution in [-0.2, 0) is 0 Å². The fraction of sp³-hybridized carbons (Fsp3) is 0.200. The number of nitrogens with one attached hydrogen (secondary N) is 3. The number of nitrogens with zero attached hydrogens (tertiary/aromatic N) is 4. The Morgan fingerprint density at radius 3 is 2.86 bits per heavy atom. The Hall–Kier alpha value is -3.08. The summed E-state index contributed by atoms with van der Waals surface area (Å²) >= 11 is 0. The van der Waals surface area contributed by atoms with Crippen molar-refractivity contribution in [1.29, 1.82) is 0 Å². The Morgan fingerprint density at radius 1 is 1.52 bits per heavy atom. The minimum atomic E-state index is -0.645. The van der Waals surface area contributed by atoms with Gasteiger partial charge in [0.1, 0.15) is 5.56 Å². The number of carbonyl (C=O) groups excluding carboxylic acids is 1. The van der Waals surface area contributed by atoms with Crippen molar-refractivity contribution < 1.29 is 9.72 Å². The molecule has 21 heavy (non-hydrogen) atoms. The number of H-pyrrole nitrogens is 1. The first-order valence-electron chi connectivity index (χ1n) is 5.82. The Kier molecular flexibility index (Phi) is 4.04. The topological polar surface area (TPSA) is 165 Å². The highest BCUT2D eigenvalue weighted by Crippen LogP contribution is 2.23. The summed E-state index contributed by atoms with van der Waals surface area (Å²) in [5.41, 5.74) is 2.25. The Balaban J connectivity index is 2.27. The third-order valence-corrected chi connectivity index (χ3v) is 2.70. The average Bonchev–Trinajstić information content (AvgIpc) is 3.00. The minimum Gasteiger partial charge on any atom is -0.342 e. The van der Waals surface area contributed by atoms with Gasteiger partial charge in [0.2, 0.25) is 0 Å². The predicted molar refractivity (Wildman–Crippen MR) is 71.0 cm³/mol. The first-order valence-corrected chi connectivity index (χ1v) is 5.82. The zero-order chi connectivity index (χ0) is 15.4. The highest BCUT2D eigenvalue weighted by Gasteiger charge is 2.23. The summed E-state index contributed by atoms with van der Waals surface area (Å²) in [6.45, 7) is 1.62. The molecule has 11 nitrogen and oxygen atoms in total. The summed E-state index contributed by atoms with van der Waals surface area (Å²) < 4.78 is 0. The van der Waals surface area contributed by atoms with E-state index in [1.807, 2.05) is 0 Å². The van der Waals surface area contributed by atoms with Crippen molar-refractivity contribution in [1.82, 2.24) is 25.9 Å². The van der Waals surface area contributed by atoms with Crippen LogP contribution in [0.1, 0.15) is 29.1 Å². The molecular formula is C10H12N8O3. The van der Waals surface area contributed by atoms with Crippen LogP contribution in [0.4, 0.5) is 11.4 Å². The zero-order valence-corrected chi connectivity index (χ0v) is 10.9. The average molecular weight is 292 g/mol. The van der Waals surface area contributed by atoms with Gasteiger partial charge in [-0.25, -0.2) is 0 Å². The van der Waals surface area contributed by atoms with Gasteiger partial charge in [-0.3, -0.25) is 20.8 Å².